The first kappa shape index (κ1) is 11.2. The van der Waals surface area contributed by atoms with E-state index in [9.17, 15) is 9.59 Å². The maximum absolute atomic E-state index is 12.3. The van der Waals surface area contributed by atoms with Crippen molar-refractivity contribution in [2.45, 2.75) is 18.3 Å². The molecule has 3 rings (SSSR count). The Morgan fingerprint density at radius 3 is 2.83 bits per heavy atom. The van der Waals surface area contributed by atoms with Gasteiger partial charge in [0.2, 0.25) is 0 Å². The van der Waals surface area contributed by atoms with Crippen LogP contribution in [0.2, 0.25) is 0 Å². The number of esters is 1. The van der Waals surface area contributed by atoms with Gasteiger partial charge in [-0.3, -0.25) is 4.79 Å². The monoisotopic (exact) mass is 242 g/mol. The zero-order valence-electron chi connectivity index (χ0n) is 10.2. The molecule has 0 saturated heterocycles. The standard InChI is InChI=1S/C15H14O3/c1-18-14(17)11-3-2-4-12(9-11)15-7-5-10(6-8-15)13(15)16/h2-5,7,9-10H,6,8H2,1H3. The summed E-state index contributed by atoms with van der Waals surface area (Å²) in [6, 6.07) is 7.22. The van der Waals surface area contributed by atoms with Crippen LogP contribution < -0.4 is 0 Å². The van der Waals surface area contributed by atoms with Gasteiger partial charge in [-0.15, -0.1) is 0 Å². The van der Waals surface area contributed by atoms with Gasteiger partial charge in [0.05, 0.1) is 18.1 Å². The van der Waals surface area contributed by atoms with E-state index in [2.05, 4.69) is 0 Å². The Kier molecular flexibility index (Phi) is 2.37. The molecule has 0 radical (unpaired) electrons. The lowest BCUT2D eigenvalue weighted by atomic mass is 9.79. The highest BCUT2D eigenvalue weighted by Gasteiger charge is 2.50. The minimum atomic E-state index is -0.491. The highest BCUT2D eigenvalue weighted by molar-refractivity contribution is 6.00. The third kappa shape index (κ3) is 1.37. The molecule has 1 saturated carbocycles. The fraction of sp³-hybridized carbons (Fsp3) is 0.333. The number of Topliss-reactive ketones (excluding diaryl/α,β-unsaturated/α-hetero) is 1. The third-order valence-corrected chi connectivity index (χ3v) is 4.04. The average Bonchev–Trinajstić information content (AvgIpc) is 2.92. The normalized spacial score (nSPS) is 28.7. The average molecular weight is 242 g/mol. The minimum absolute atomic E-state index is 0.0757. The van der Waals surface area contributed by atoms with Gasteiger partial charge in [-0.2, -0.15) is 0 Å². The van der Waals surface area contributed by atoms with Crippen LogP contribution in [-0.4, -0.2) is 18.9 Å². The predicted molar refractivity (Wildman–Crippen MR) is 66.3 cm³/mol. The van der Waals surface area contributed by atoms with E-state index < -0.39 is 5.41 Å². The highest BCUT2D eigenvalue weighted by Crippen LogP contribution is 2.47. The molecule has 92 valence electrons. The molecule has 0 aromatic heterocycles. The van der Waals surface area contributed by atoms with E-state index in [1.165, 1.54) is 7.11 Å². The van der Waals surface area contributed by atoms with Gasteiger partial charge in [0.15, 0.2) is 5.78 Å². The smallest absolute Gasteiger partial charge is 0.337 e. The van der Waals surface area contributed by atoms with Gasteiger partial charge in [-0.05, 0) is 30.5 Å². The number of methoxy groups -OCH3 is 1. The lowest BCUT2D eigenvalue weighted by Gasteiger charge is -2.22. The summed E-state index contributed by atoms with van der Waals surface area (Å²) in [6.45, 7) is 0. The molecule has 2 atom stereocenters. The van der Waals surface area contributed by atoms with Gasteiger partial charge in [0, 0.05) is 5.92 Å². The molecule has 0 N–H and O–H groups in total. The van der Waals surface area contributed by atoms with Gasteiger partial charge in [0.1, 0.15) is 0 Å². The van der Waals surface area contributed by atoms with Crippen LogP contribution in [0.15, 0.2) is 36.4 Å². The van der Waals surface area contributed by atoms with Gasteiger partial charge >= 0.3 is 5.97 Å². The molecule has 1 fully saturated rings. The molecule has 3 heteroatoms. The Bertz CT molecular complexity index is 559. The largest absolute Gasteiger partial charge is 0.465 e. The van der Waals surface area contributed by atoms with Crippen LogP contribution in [0.5, 0.6) is 0 Å². The quantitative estimate of drug-likeness (QED) is 0.590. The number of allylic oxidation sites excluding steroid dienone is 2. The van der Waals surface area contributed by atoms with E-state index in [4.69, 9.17) is 4.74 Å². The summed E-state index contributed by atoms with van der Waals surface area (Å²) < 4.78 is 4.72. The molecule has 0 heterocycles. The van der Waals surface area contributed by atoms with Crippen molar-refractivity contribution in [3.63, 3.8) is 0 Å². The van der Waals surface area contributed by atoms with Crippen LogP contribution in [0.1, 0.15) is 28.8 Å². The fourth-order valence-electron chi connectivity index (χ4n) is 3.02. The topological polar surface area (TPSA) is 43.4 Å². The van der Waals surface area contributed by atoms with Crippen molar-refractivity contribution >= 4 is 11.8 Å². The van der Waals surface area contributed by atoms with Gasteiger partial charge < -0.3 is 4.74 Å². The van der Waals surface area contributed by atoms with E-state index in [0.717, 1.165) is 18.4 Å². The Balaban J connectivity index is 2.05. The number of fused-ring (bicyclic) bond motifs is 2. The fourth-order valence-corrected chi connectivity index (χ4v) is 3.02. The van der Waals surface area contributed by atoms with Crippen LogP contribution in [0.25, 0.3) is 0 Å². The van der Waals surface area contributed by atoms with Crippen LogP contribution in [-0.2, 0) is 14.9 Å². The maximum atomic E-state index is 12.3. The molecule has 2 bridgehead atoms. The van der Waals surface area contributed by atoms with Gasteiger partial charge in [0.25, 0.3) is 0 Å². The molecule has 18 heavy (non-hydrogen) atoms. The van der Waals surface area contributed by atoms with E-state index in [1.54, 1.807) is 12.1 Å². The van der Waals surface area contributed by atoms with Crippen LogP contribution in [0, 0.1) is 5.92 Å². The molecule has 1 aromatic carbocycles. The molecule has 2 aliphatic rings. The zero-order chi connectivity index (χ0) is 12.8. The molecule has 2 unspecified atom stereocenters. The Labute approximate surface area is 105 Å². The highest BCUT2D eigenvalue weighted by atomic mass is 16.5. The summed E-state index contributed by atoms with van der Waals surface area (Å²) in [6.07, 6.45) is 5.76. The first-order valence-electron chi connectivity index (χ1n) is 6.10. The van der Waals surface area contributed by atoms with Crippen molar-refractivity contribution in [3.05, 3.63) is 47.5 Å². The van der Waals surface area contributed by atoms with Crippen molar-refractivity contribution in [2.24, 2.45) is 5.92 Å². The van der Waals surface area contributed by atoms with Crippen molar-refractivity contribution in [1.29, 1.82) is 0 Å². The lowest BCUT2D eigenvalue weighted by Crippen LogP contribution is -2.27. The summed E-state index contributed by atoms with van der Waals surface area (Å²) in [4.78, 5) is 23.8. The van der Waals surface area contributed by atoms with E-state index in [0.29, 0.717) is 5.56 Å². The summed E-state index contributed by atoms with van der Waals surface area (Å²) in [5.41, 5.74) is 0.918. The summed E-state index contributed by atoms with van der Waals surface area (Å²) in [5.74, 6) is -0.0199. The van der Waals surface area contributed by atoms with Crippen LogP contribution in [0.4, 0.5) is 0 Å². The number of benzene rings is 1. The van der Waals surface area contributed by atoms with Crippen LogP contribution >= 0.6 is 0 Å². The Hall–Kier alpha value is -1.90. The van der Waals surface area contributed by atoms with Crippen LogP contribution in [0.3, 0.4) is 0 Å². The van der Waals surface area contributed by atoms with Crippen molar-refractivity contribution < 1.29 is 14.3 Å². The predicted octanol–water partition coefficient (Wildman–Crippen LogP) is 2.26. The Morgan fingerprint density at radius 1 is 1.44 bits per heavy atom. The zero-order valence-corrected chi connectivity index (χ0v) is 10.2. The van der Waals surface area contributed by atoms with E-state index >= 15 is 0 Å². The van der Waals surface area contributed by atoms with E-state index in [1.807, 2.05) is 24.3 Å². The number of carbonyl (C=O) groups excluding carboxylic acids is 2. The number of carbonyl (C=O) groups is 2. The summed E-state index contributed by atoms with van der Waals surface area (Å²) in [7, 11) is 1.36. The van der Waals surface area contributed by atoms with Crippen molar-refractivity contribution in [2.75, 3.05) is 7.11 Å². The number of ether oxygens (including phenoxy) is 1. The van der Waals surface area contributed by atoms with Gasteiger partial charge in [-0.1, -0.05) is 24.3 Å². The Morgan fingerprint density at radius 2 is 2.28 bits per heavy atom. The first-order chi connectivity index (χ1) is 8.67. The van der Waals surface area contributed by atoms with Crippen molar-refractivity contribution in [3.8, 4) is 0 Å². The minimum Gasteiger partial charge on any atom is -0.465 e. The SMILES string of the molecule is COC(=O)c1cccc(C23C=CC(CC2)C3=O)c1. The van der Waals surface area contributed by atoms with E-state index in [-0.39, 0.29) is 17.7 Å². The molecule has 2 aliphatic carbocycles. The molecule has 3 nitrogen and oxygen atoms in total. The molecule has 0 aliphatic heterocycles. The number of ketones is 1. The molecule has 0 spiro atoms. The lowest BCUT2D eigenvalue weighted by molar-refractivity contribution is -0.122. The number of rotatable bonds is 2. The molecule has 1 aromatic rings. The second-order valence-electron chi connectivity index (χ2n) is 4.91. The third-order valence-electron chi connectivity index (χ3n) is 4.04. The van der Waals surface area contributed by atoms with Crippen molar-refractivity contribution in [1.82, 2.24) is 0 Å². The first-order valence-corrected chi connectivity index (χ1v) is 6.10. The molecular weight excluding hydrogens is 228 g/mol. The van der Waals surface area contributed by atoms with Gasteiger partial charge in [-0.25, -0.2) is 4.79 Å². The summed E-state index contributed by atoms with van der Waals surface area (Å²) >= 11 is 0. The molecular formula is C15H14O3. The second kappa shape index (κ2) is 3.80. The summed E-state index contributed by atoms with van der Waals surface area (Å²) in [5, 5.41) is 0. The number of hydrogen-bond acceptors (Lipinski definition) is 3. The molecule has 0 amide bonds. The maximum Gasteiger partial charge on any atom is 0.337 e. The second-order valence-corrected chi connectivity index (χ2v) is 4.91. The number of hydrogen-bond donors (Lipinski definition) is 0.